The van der Waals surface area contributed by atoms with Crippen LogP contribution in [0.2, 0.25) is 0 Å². The Morgan fingerprint density at radius 1 is 1.37 bits per heavy atom. The fraction of sp³-hybridized carbons (Fsp3) is 0.545. The summed E-state index contributed by atoms with van der Waals surface area (Å²) < 4.78 is 9.35. The molecule has 0 spiro atoms. The van der Waals surface area contributed by atoms with E-state index in [9.17, 15) is 14.4 Å². The van der Waals surface area contributed by atoms with Crippen LogP contribution in [-0.2, 0) is 19.1 Å². The molecule has 0 aromatic rings. The minimum atomic E-state index is -1.18. The lowest BCUT2D eigenvalue weighted by Gasteiger charge is -2.13. The zero-order valence-electron chi connectivity index (χ0n) is 10.6. The molecule has 0 rings (SSSR count). The maximum atomic E-state index is 11.2. The summed E-state index contributed by atoms with van der Waals surface area (Å²) in [6.07, 6.45) is 2.16. The summed E-state index contributed by atoms with van der Waals surface area (Å²) in [6.45, 7) is 0.267. The predicted molar refractivity (Wildman–Crippen MR) is 65.4 cm³/mol. The van der Waals surface area contributed by atoms with Crippen LogP contribution in [0.5, 0.6) is 0 Å². The van der Waals surface area contributed by atoms with Gasteiger partial charge in [0.05, 0.1) is 6.61 Å². The second-order valence-corrected chi connectivity index (χ2v) is 3.55. The molecule has 0 heterocycles. The third-order valence-corrected chi connectivity index (χ3v) is 2.01. The van der Waals surface area contributed by atoms with Gasteiger partial charge >= 0.3 is 12.1 Å². The summed E-state index contributed by atoms with van der Waals surface area (Å²) in [5.74, 6) is -1.80. The number of methoxy groups -OCH3 is 1. The molecule has 0 aromatic carbocycles. The van der Waals surface area contributed by atoms with Crippen molar-refractivity contribution in [2.45, 2.75) is 18.9 Å². The Balaban J connectivity index is 4.08. The number of ether oxygens (including phenoxy) is 2. The normalized spacial score (nSPS) is 12.1. The molecular weight excluding hydrogens is 256 g/mol. The number of aliphatic carboxylic acids is 1. The Bertz CT molecular complexity index is 342. The molecule has 108 valence electrons. The smallest absolute Gasteiger partial charge is 0.407 e. The van der Waals surface area contributed by atoms with E-state index in [0.717, 1.165) is 6.08 Å². The molecule has 0 aromatic heterocycles. The van der Waals surface area contributed by atoms with Crippen molar-refractivity contribution in [1.29, 1.82) is 0 Å². The summed E-state index contributed by atoms with van der Waals surface area (Å²) in [5.41, 5.74) is 4.87. The Hall–Kier alpha value is -2.09. The Labute approximate surface area is 110 Å². The van der Waals surface area contributed by atoms with Crippen molar-refractivity contribution < 1.29 is 29.0 Å². The van der Waals surface area contributed by atoms with Crippen LogP contribution < -0.4 is 11.1 Å². The molecule has 0 fully saturated rings. The van der Waals surface area contributed by atoms with Gasteiger partial charge in [0.15, 0.2) is 0 Å². The summed E-state index contributed by atoms with van der Waals surface area (Å²) >= 11 is 0. The summed E-state index contributed by atoms with van der Waals surface area (Å²) in [4.78, 5) is 32.5. The second-order valence-electron chi connectivity index (χ2n) is 3.55. The molecule has 0 radical (unpaired) electrons. The number of carbonyl (C=O) groups is 3. The molecule has 0 aliphatic carbocycles. The molecule has 0 aliphatic rings. The molecule has 8 heteroatoms. The van der Waals surface area contributed by atoms with E-state index in [4.69, 9.17) is 10.8 Å². The van der Waals surface area contributed by atoms with Gasteiger partial charge in [-0.1, -0.05) is 6.08 Å². The van der Waals surface area contributed by atoms with Gasteiger partial charge in [-0.15, -0.1) is 0 Å². The third kappa shape index (κ3) is 9.60. The largest absolute Gasteiger partial charge is 0.480 e. The van der Waals surface area contributed by atoms with E-state index in [-0.39, 0.29) is 26.1 Å². The van der Waals surface area contributed by atoms with Crippen LogP contribution in [0.4, 0.5) is 4.79 Å². The molecule has 0 bridgehead atoms. The lowest BCUT2D eigenvalue weighted by molar-refractivity contribution is -0.139. The number of allylic oxidation sites excluding steroid dienone is 1. The standard InChI is InChI=1S/C11H18N2O6/c1-18-6-7-19-11(17)13-8(10(15)16)4-2-3-5-9(12)14/h3,5,8H,2,4,6-7H2,1H3,(H2,12,14)(H,13,17)(H,15,16)/b5-3+. The van der Waals surface area contributed by atoms with Crippen LogP contribution in [0, 0.1) is 0 Å². The highest BCUT2D eigenvalue weighted by atomic mass is 16.6. The Kier molecular flexibility index (Phi) is 8.80. The van der Waals surface area contributed by atoms with Crippen LogP contribution in [0.25, 0.3) is 0 Å². The van der Waals surface area contributed by atoms with Gasteiger partial charge in [-0.2, -0.15) is 0 Å². The zero-order chi connectivity index (χ0) is 14.7. The summed E-state index contributed by atoms with van der Waals surface area (Å²) in [5, 5.41) is 11.1. The first-order valence-corrected chi connectivity index (χ1v) is 5.58. The van der Waals surface area contributed by atoms with Gasteiger partial charge in [0, 0.05) is 7.11 Å². The molecule has 0 saturated heterocycles. The molecular formula is C11H18N2O6. The van der Waals surface area contributed by atoms with Crippen LogP contribution >= 0.6 is 0 Å². The molecule has 0 aliphatic heterocycles. The highest BCUT2D eigenvalue weighted by molar-refractivity contribution is 5.85. The van der Waals surface area contributed by atoms with Gasteiger partial charge in [-0.25, -0.2) is 9.59 Å². The van der Waals surface area contributed by atoms with Crippen LogP contribution in [-0.4, -0.2) is 49.4 Å². The fourth-order valence-electron chi connectivity index (χ4n) is 1.12. The molecule has 2 amide bonds. The van der Waals surface area contributed by atoms with E-state index >= 15 is 0 Å². The van der Waals surface area contributed by atoms with Crippen molar-refractivity contribution in [3.63, 3.8) is 0 Å². The number of carboxylic acids is 1. The number of hydrogen-bond acceptors (Lipinski definition) is 5. The number of carbonyl (C=O) groups excluding carboxylic acids is 2. The van der Waals surface area contributed by atoms with Gasteiger partial charge in [-0.05, 0) is 18.9 Å². The Morgan fingerprint density at radius 2 is 2.05 bits per heavy atom. The molecule has 4 N–H and O–H groups in total. The number of amides is 2. The van der Waals surface area contributed by atoms with Gasteiger partial charge in [0.1, 0.15) is 12.6 Å². The number of nitrogens with one attached hydrogen (secondary N) is 1. The van der Waals surface area contributed by atoms with E-state index in [1.807, 2.05) is 0 Å². The van der Waals surface area contributed by atoms with Crippen molar-refractivity contribution in [2.24, 2.45) is 5.73 Å². The number of alkyl carbamates (subject to hydrolysis) is 1. The highest BCUT2D eigenvalue weighted by Crippen LogP contribution is 2.00. The maximum Gasteiger partial charge on any atom is 0.407 e. The average Bonchev–Trinajstić information content (AvgIpc) is 2.32. The van der Waals surface area contributed by atoms with Crippen molar-refractivity contribution in [3.05, 3.63) is 12.2 Å². The van der Waals surface area contributed by atoms with Crippen LogP contribution in [0.15, 0.2) is 12.2 Å². The number of nitrogens with two attached hydrogens (primary N) is 1. The van der Waals surface area contributed by atoms with Crippen molar-refractivity contribution in [3.8, 4) is 0 Å². The quantitative estimate of drug-likeness (QED) is 0.389. The number of hydrogen-bond donors (Lipinski definition) is 3. The van der Waals surface area contributed by atoms with Crippen molar-refractivity contribution >= 4 is 18.0 Å². The number of primary amides is 1. The summed E-state index contributed by atoms with van der Waals surface area (Å²) in [6, 6.07) is -1.09. The van der Waals surface area contributed by atoms with Gasteiger partial charge in [0.2, 0.25) is 5.91 Å². The number of carboxylic acid groups (broad SMARTS) is 1. The minimum Gasteiger partial charge on any atom is -0.480 e. The molecule has 0 saturated carbocycles. The first-order valence-electron chi connectivity index (χ1n) is 5.58. The van der Waals surface area contributed by atoms with Crippen LogP contribution in [0.3, 0.4) is 0 Å². The maximum absolute atomic E-state index is 11.2. The first kappa shape index (κ1) is 16.9. The van der Waals surface area contributed by atoms with Crippen molar-refractivity contribution in [2.75, 3.05) is 20.3 Å². The Morgan fingerprint density at radius 3 is 2.58 bits per heavy atom. The minimum absolute atomic E-state index is 0.0379. The van der Waals surface area contributed by atoms with E-state index in [2.05, 4.69) is 14.8 Å². The van der Waals surface area contributed by atoms with Gasteiger partial charge < -0.3 is 25.6 Å². The molecule has 1 atom stereocenters. The van der Waals surface area contributed by atoms with Gasteiger partial charge in [-0.3, -0.25) is 4.79 Å². The van der Waals surface area contributed by atoms with E-state index in [1.54, 1.807) is 0 Å². The van der Waals surface area contributed by atoms with E-state index in [0.29, 0.717) is 0 Å². The third-order valence-electron chi connectivity index (χ3n) is 2.01. The van der Waals surface area contributed by atoms with Crippen molar-refractivity contribution in [1.82, 2.24) is 5.32 Å². The number of rotatable bonds is 9. The van der Waals surface area contributed by atoms with E-state index < -0.39 is 24.0 Å². The molecule has 8 nitrogen and oxygen atoms in total. The predicted octanol–water partition coefficient (Wildman–Crippen LogP) is -0.366. The fourth-order valence-corrected chi connectivity index (χ4v) is 1.12. The van der Waals surface area contributed by atoms with E-state index in [1.165, 1.54) is 13.2 Å². The average molecular weight is 274 g/mol. The summed E-state index contributed by atoms with van der Waals surface area (Å²) in [7, 11) is 1.45. The first-order chi connectivity index (χ1) is 8.97. The van der Waals surface area contributed by atoms with Crippen LogP contribution in [0.1, 0.15) is 12.8 Å². The SMILES string of the molecule is COCCOC(=O)NC(CC/C=C/C(N)=O)C(=O)O. The molecule has 1 unspecified atom stereocenters. The highest BCUT2D eigenvalue weighted by Gasteiger charge is 2.19. The van der Waals surface area contributed by atoms with Gasteiger partial charge in [0.25, 0.3) is 0 Å². The topological polar surface area (TPSA) is 128 Å². The lowest BCUT2D eigenvalue weighted by Crippen LogP contribution is -2.41. The zero-order valence-corrected chi connectivity index (χ0v) is 10.6. The molecule has 19 heavy (non-hydrogen) atoms. The lowest BCUT2D eigenvalue weighted by atomic mass is 10.1. The second kappa shape index (κ2) is 9.89. The monoisotopic (exact) mass is 274 g/mol.